The Labute approximate surface area is 210 Å². The molecular formula is C24H34N4O6S. The van der Waals surface area contributed by atoms with E-state index in [9.17, 15) is 9.59 Å². The lowest BCUT2D eigenvalue weighted by Crippen LogP contribution is -2.41. The SMILES string of the molecule is COc1cc(C(=O)N(CCCN2CCOCC2)CC(=O)Nc2nc(C)c(C)s2)cc(OC)c1OC. The van der Waals surface area contributed by atoms with Gasteiger partial charge < -0.3 is 29.2 Å². The number of benzene rings is 1. The third-order valence-corrected chi connectivity index (χ3v) is 6.80. The minimum atomic E-state index is -0.300. The van der Waals surface area contributed by atoms with Crippen molar-refractivity contribution in [1.82, 2.24) is 14.8 Å². The molecule has 192 valence electrons. The van der Waals surface area contributed by atoms with Gasteiger partial charge in [0.05, 0.1) is 40.2 Å². The first-order valence-corrected chi connectivity index (χ1v) is 12.3. The summed E-state index contributed by atoms with van der Waals surface area (Å²) >= 11 is 1.41. The molecule has 2 aromatic rings. The van der Waals surface area contributed by atoms with Crippen LogP contribution in [0.1, 0.15) is 27.3 Å². The standard InChI is InChI=1S/C24H34N4O6S/c1-16-17(2)35-24(25-16)26-21(29)15-28(8-6-7-27-9-11-34-12-10-27)23(30)18-13-19(31-3)22(33-5)20(14-18)32-4/h13-14H,6-12,15H2,1-5H3,(H,25,26,29). The summed E-state index contributed by atoms with van der Waals surface area (Å²) in [7, 11) is 4.50. The smallest absolute Gasteiger partial charge is 0.254 e. The van der Waals surface area contributed by atoms with E-state index in [1.165, 1.54) is 32.7 Å². The molecule has 35 heavy (non-hydrogen) atoms. The van der Waals surface area contributed by atoms with Crippen LogP contribution in [-0.4, -0.2) is 93.9 Å². The summed E-state index contributed by atoms with van der Waals surface area (Å²) in [5.74, 6) is 0.555. The second-order valence-corrected chi connectivity index (χ2v) is 9.36. The highest BCUT2D eigenvalue weighted by molar-refractivity contribution is 7.15. The molecule has 1 aromatic heterocycles. The van der Waals surface area contributed by atoms with Crippen LogP contribution in [0.15, 0.2) is 12.1 Å². The van der Waals surface area contributed by atoms with Crippen LogP contribution in [0.3, 0.4) is 0 Å². The predicted octanol–water partition coefficient (Wildman–Crippen LogP) is 2.59. The summed E-state index contributed by atoms with van der Waals surface area (Å²) in [6, 6.07) is 3.20. The Hall–Kier alpha value is -2.89. The van der Waals surface area contributed by atoms with Gasteiger partial charge in [-0.15, -0.1) is 11.3 Å². The maximum Gasteiger partial charge on any atom is 0.254 e. The van der Waals surface area contributed by atoms with E-state index in [2.05, 4.69) is 15.2 Å². The molecule has 1 aliphatic heterocycles. The molecule has 1 aliphatic rings. The van der Waals surface area contributed by atoms with E-state index in [0.717, 1.165) is 36.6 Å². The molecule has 0 aliphatic carbocycles. The molecule has 0 radical (unpaired) electrons. The summed E-state index contributed by atoms with van der Waals surface area (Å²) in [5.41, 5.74) is 1.22. The number of thiazole rings is 1. The summed E-state index contributed by atoms with van der Waals surface area (Å²) in [6.45, 7) is 8.13. The highest BCUT2D eigenvalue weighted by atomic mass is 32.1. The zero-order chi connectivity index (χ0) is 25.4. The number of aromatic nitrogens is 1. The lowest BCUT2D eigenvalue weighted by Gasteiger charge is -2.28. The van der Waals surface area contributed by atoms with Crippen molar-refractivity contribution in [2.45, 2.75) is 20.3 Å². The zero-order valence-electron chi connectivity index (χ0n) is 21.0. The number of methoxy groups -OCH3 is 3. The monoisotopic (exact) mass is 506 g/mol. The summed E-state index contributed by atoms with van der Waals surface area (Å²) in [5, 5.41) is 3.35. The van der Waals surface area contributed by atoms with Gasteiger partial charge in [0, 0.05) is 36.6 Å². The third-order valence-electron chi connectivity index (χ3n) is 5.81. The fraction of sp³-hybridized carbons (Fsp3) is 0.542. The van der Waals surface area contributed by atoms with Crippen LogP contribution < -0.4 is 19.5 Å². The number of hydrogen-bond acceptors (Lipinski definition) is 9. The molecule has 3 rings (SSSR count). The number of ether oxygens (including phenoxy) is 4. The fourth-order valence-corrected chi connectivity index (χ4v) is 4.64. The van der Waals surface area contributed by atoms with E-state index >= 15 is 0 Å². The second kappa shape index (κ2) is 12.7. The molecule has 1 N–H and O–H groups in total. The molecule has 1 saturated heterocycles. The Morgan fingerprint density at radius 3 is 2.31 bits per heavy atom. The van der Waals surface area contributed by atoms with Crippen molar-refractivity contribution in [3.05, 3.63) is 28.3 Å². The molecule has 2 heterocycles. The average molecular weight is 507 g/mol. The van der Waals surface area contributed by atoms with Gasteiger partial charge in [0.25, 0.3) is 5.91 Å². The molecule has 0 spiro atoms. The number of anilines is 1. The first-order valence-electron chi connectivity index (χ1n) is 11.5. The van der Waals surface area contributed by atoms with Gasteiger partial charge in [-0.05, 0) is 32.4 Å². The molecule has 10 nitrogen and oxygen atoms in total. The lowest BCUT2D eigenvalue weighted by atomic mass is 10.1. The number of carbonyl (C=O) groups is 2. The molecule has 0 bridgehead atoms. The number of nitrogens with one attached hydrogen (secondary N) is 1. The van der Waals surface area contributed by atoms with Crippen molar-refractivity contribution in [2.24, 2.45) is 0 Å². The van der Waals surface area contributed by atoms with Crippen LogP contribution in [0, 0.1) is 13.8 Å². The summed E-state index contributed by atoms with van der Waals surface area (Å²) < 4.78 is 21.6. The number of amides is 2. The average Bonchev–Trinajstić information content (AvgIpc) is 3.18. The molecule has 1 fully saturated rings. The number of hydrogen-bond donors (Lipinski definition) is 1. The van der Waals surface area contributed by atoms with Crippen molar-refractivity contribution in [2.75, 3.05) is 72.6 Å². The van der Waals surface area contributed by atoms with Crippen molar-refractivity contribution in [3.8, 4) is 17.2 Å². The Bertz CT molecular complexity index is 977. The van der Waals surface area contributed by atoms with Gasteiger partial charge >= 0.3 is 0 Å². The van der Waals surface area contributed by atoms with Gasteiger partial charge in [-0.2, -0.15) is 0 Å². The first-order chi connectivity index (χ1) is 16.9. The summed E-state index contributed by atoms with van der Waals surface area (Å²) in [6.07, 6.45) is 0.721. The van der Waals surface area contributed by atoms with Crippen LogP contribution in [0.5, 0.6) is 17.2 Å². The van der Waals surface area contributed by atoms with Crippen molar-refractivity contribution in [1.29, 1.82) is 0 Å². The Balaban J connectivity index is 1.77. The van der Waals surface area contributed by atoms with Crippen LogP contribution in [-0.2, 0) is 9.53 Å². The number of morpholine rings is 1. The quantitative estimate of drug-likeness (QED) is 0.496. The lowest BCUT2D eigenvalue weighted by molar-refractivity contribution is -0.116. The van der Waals surface area contributed by atoms with Crippen molar-refractivity contribution >= 4 is 28.3 Å². The predicted molar refractivity (Wildman–Crippen MR) is 134 cm³/mol. The number of aryl methyl sites for hydroxylation is 2. The van der Waals surface area contributed by atoms with Crippen molar-refractivity contribution < 1.29 is 28.5 Å². The van der Waals surface area contributed by atoms with E-state index in [1.54, 1.807) is 17.0 Å². The van der Waals surface area contributed by atoms with Gasteiger partial charge in [0.15, 0.2) is 16.6 Å². The van der Waals surface area contributed by atoms with Crippen LogP contribution in [0.4, 0.5) is 5.13 Å². The number of nitrogens with zero attached hydrogens (tertiary/aromatic N) is 3. The number of carbonyl (C=O) groups excluding carboxylic acids is 2. The Kier molecular flexibility index (Phi) is 9.70. The number of rotatable bonds is 11. The zero-order valence-corrected chi connectivity index (χ0v) is 21.8. The maximum atomic E-state index is 13.6. The Morgan fingerprint density at radius 1 is 1.11 bits per heavy atom. The highest BCUT2D eigenvalue weighted by Crippen LogP contribution is 2.38. The van der Waals surface area contributed by atoms with Gasteiger partial charge in [-0.3, -0.25) is 14.5 Å². The maximum absolute atomic E-state index is 13.6. The van der Waals surface area contributed by atoms with E-state index in [4.69, 9.17) is 18.9 Å². The van der Waals surface area contributed by atoms with Gasteiger partial charge in [0.1, 0.15) is 6.54 Å². The third kappa shape index (κ3) is 7.06. The molecule has 0 saturated carbocycles. The molecule has 1 aromatic carbocycles. The molecular weight excluding hydrogens is 472 g/mol. The minimum absolute atomic E-state index is 0.101. The molecule has 0 atom stereocenters. The van der Waals surface area contributed by atoms with E-state index < -0.39 is 0 Å². The molecule has 11 heteroatoms. The van der Waals surface area contributed by atoms with Crippen LogP contribution >= 0.6 is 11.3 Å². The van der Waals surface area contributed by atoms with Gasteiger partial charge in [-0.1, -0.05) is 0 Å². The normalized spacial score (nSPS) is 13.9. The van der Waals surface area contributed by atoms with Gasteiger partial charge in [0.2, 0.25) is 11.7 Å². The van der Waals surface area contributed by atoms with E-state index in [-0.39, 0.29) is 18.4 Å². The van der Waals surface area contributed by atoms with Crippen molar-refractivity contribution in [3.63, 3.8) is 0 Å². The topological polar surface area (TPSA) is 102 Å². The summed E-state index contributed by atoms with van der Waals surface area (Å²) in [4.78, 5) is 35.7. The molecule has 0 unspecified atom stereocenters. The van der Waals surface area contributed by atoms with Crippen LogP contribution in [0.2, 0.25) is 0 Å². The second-order valence-electron chi connectivity index (χ2n) is 8.16. The molecule has 2 amide bonds. The minimum Gasteiger partial charge on any atom is -0.493 e. The fourth-order valence-electron chi connectivity index (χ4n) is 3.81. The van der Waals surface area contributed by atoms with Crippen LogP contribution in [0.25, 0.3) is 0 Å². The first kappa shape index (κ1) is 26.7. The van der Waals surface area contributed by atoms with E-state index in [0.29, 0.717) is 47.7 Å². The largest absolute Gasteiger partial charge is 0.493 e. The highest BCUT2D eigenvalue weighted by Gasteiger charge is 2.24. The van der Waals surface area contributed by atoms with E-state index in [1.807, 2.05) is 13.8 Å². The Morgan fingerprint density at radius 2 is 1.77 bits per heavy atom. The van der Waals surface area contributed by atoms with Gasteiger partial charge in [-0.25, -0.2) is 4.98 Å².